The SMILES string of the molecule is Cc1cccc(Oc2cc(Br)ccc2C(=N)N)c1[N+](=O)[O-]. The van der Waals surface area contributed by atoms with Crippen LogP contribution in [0.4, 0.5) is 5.69 Å². The molecule has 6 nitrogen and oxygen atoms in total. The van der Waals surface area contributed by atoms with Gasteiger partial charge in [0.2, 0.25) is 5.75 Å². The summed E-state index contributed by atoms with van der Waals surface area (Å²) in [4.78, 5) is 10.7. The standard InChI is InChI=1S/C14H12BrN3O3/c1-8-3-2-4-11(13(8)18(19)20)21-12-7-9(15)5-6-10(12)14(16)17/h2-7H,1H3,(H3,16,17). The van der Waals surface area contributed by atoms with Crippen LogP contribution in [0, 0.1) is 22.4 Å². The van der Waals surface area contributed by atoms with Gasteiger partial charge in [-0.15, -0.1) is 0 Å². The third-order valence-electron chi connectivity index (χ3n) is 2.84. The minimum absolute atomic E-state index is 0.105. The van der Waals surface area contributed by atoms with E-state index in [-0.39, 0.29) is 23.0 Å². The first-order valence-corrected chi connectivity index (χ1v) is 6.75. The molecule has 0 atom stereocenters. The lowest BCUT2D eigenvalue weighted by Crippen LogP contribution is -2.12. The number of rotatable bonds is 4. The Balaban J connectivity index is 2.53. The number of nitro benzene ring substituents is 1. The molecular formula is C14H12BrN3O3. The van der Waals surface area contributed by atoms with Crippen LogP contribution in [0.5, 0.6) is 11.5 Å². The van der Waals surface area contributed by atoms with Gasteiger partial charge in [-0.1, -0.05) is 28.1 Å². The maximum Gasteiger partial charge on any atom is 0.314 e. The van der Waals surface area contributed by atoms with Crippen molar-refractivity contribution in [2.75, 3.05) is 0 Å². The first kappa shape index (κ1) is 15.0. The third kappa shape index (κ3) is 3.19. The number of para-hydroxylation sites is 1. The van der Waals surface area contributed by atoms with Gasteiger partial charge < -0.3 is 10.5 Å². The Kier molecular flexibility index (Phi) is 4.23. The molecule has 0 aliphatic heterocycles. The summed E-state index contributed by atoms with van der Waals surface area (Å²) in [5.41, 5.74) is 6.26. The van der Waals surface area contributed by atoms with E-state index in [9.17, 15) is 10.1 Å². The lowest BCUT2D eigenvalue weighted by atomic mass is 10.1. The van der Waals surface area contributed by atoms with Gasteiger partial charge in [-0.2, -0.15) is 0 Å². The molecule has 0 radical (unpaired) electrons. The van der Waals surface area contributed by atoms with Crippen LogP contribution in [0.2, 0.25) is 0 Å². The topological polar surface area (TPSA) is 102 Å². The number of ether oxygens (including phenoxy) is 1. The summed E-state index contributed by atoms with van der Waals surface area (Å²) in [5.74, 6) is 0.221. The summed E-state index contributed by atoms with van der Waals surface area (Å²) in [7, 11) is 0. The number of benzene rings is 2. The van der Waals surface area contributed by atoms with Crippen molar-refractivity contribution in [3.8, 4) is 11.5 Å². The summed E-state index contributed by atoms with van der Waals surface area (Å²) in [6, 6.07) is 9.76. The molecule has 0 aliphatic rings. The van der Waals surface area contributed by atoms with Crippen molar-refractivity contribution in [2.24, 2.45) is 5.73 Å². The van der Waals surface area contributed by atoms with E-state index >= 15 is 0 Å². The Hall–Kier alpha value is -2.41. The monoisotopic (exact) mass is 349 g/mol. The van der Waals surface area contributed by atoms with Crippen LogP contribution in [0.25, 0.3) is 0 Å². The van der Waals surface area contributed by atoms with Gasteiger partial charge >= 0.3 is 5.69 Å². The van der Waals surface area contributed by atoms with E-state index in [4.69, 9.17) is 15.9 Å². The second-order valence-corrected chi connectivity index (χ2v) is 5.25. The molecular weight excluding hydrogens is 338 g/mol. The highest BCUT2D eigenvalue weighted by Gasteiger charge is 2.20. The number of nitrogens with one attached hydrogen (secondary N) is 1. The Labute approximate surface area is 129 Å². The molecule has 0 aromatic heterocycles. The Morgan fingerprint density at radius 3 is 2.67 bits per heavy atom. The van der Waals surface area contributed by atoms with Gasteiger partial charge in [-0.25, -0.2) is 0 Å². The van der Waals surface area contributed by atoms with Crippen LogP contribution < -0.4 is 10.5 Å². The first-order chi connectivity index (χ1) is 9.90. The van der Waals surface area contributed by atoms with Crippen molar-refractivity contribution in [2.45, 2.75) is 6.92 Å². The Bertz CT molecular complexity index is 731. The molecule has 0 spiro atoms. The molecule has 0 amide bonds. The third-order valence-corrected chi connectivity index (χ3v) is 3.33. The summed E-state index contributed by atoms with van der Waals surface area (Å²) in [6.45, 7) is 1.64. The summed E-state index contributed by atoms with van der Waals surface area (Å²) in [5, 5.41) is 18.7. The molecule has 108 valence electrons. The fraction of sp³-hybridized carbons (Fsp3) is 0.0714. The average Bonchev–Trinajstić information content (AvgIpc) is 2.37. The van der Waals surface area contributed by atoms with Crippen molar-refractivity contribution >= 4 is 27.5 Å². The first-order valence-electron chi connectivity index (χ1n) is 5.96. The molecule has 2 aromatic carbocycles. The maximum absolute atomic E-state index is 11.2. The van der Waals surface area contributed by atoms with Crippen molar-refractivity contribution < 1.29 is 9.66 Å². The number of aryl methyl sites for hydroxylation is 1. The number of halogens is 1. The zero-order chi connectivity index (χ0) is 15.6. The highest BCUT2D eigenvalue weighted by Crippen LogP contribution is 2.36. The van der Waals surface area contributed by atoms with Gasteiger partial charge in [0.05, 0.1) is 10.5 Å². The normalized spacial score (nSPS) is 10.2. The lowest BCUT2D eigenvalue weighted by molar-refractivity contribution is -0.386. The molecule has 0 unspecified atom stereocenters. The number of nitrogens with two attached hydrogens (primary N) is 1. The van der Waals surface area contributed by atoms with Crippen LogP contribution in [0.1, 0.15) is 11.1 Å². The van der Waals surface area contributed by atoms with Crippen LogP contribution in [0.3, 0.4) is 0 Å². The summed E-state index contributed by atoms with van der Waals surface area (Å²) in [6.07, 6.45) is 0. The highest BCUT2D eigenvalue weighted by molar-refractivity contribution is 9.10. The minimum Gasteiger partial charge on any atom is -0.449 e. The fourth-order valence-electron chi connectivity index (χ4n) is 1.87. The van der Waals surface area contributed by atoms with Gasteiger partial charge in [0, 0.05) is 10.0 Å². The summed E-state index contributed by atoms with van der Waals surface area (Å²) >= 11 is 3.30. The predicted octanol–water partition coefficient (Wildman–Crippen LogP) is 3.74. The van der Waals surface area contributed by atoms with Gasteiger partial charge in [-0.3, -0.25) is 15.5 Å². The smallest absolute Gasteiger partial charge is 0.314 e. The predicted molar refractivity (Wildman–Crippen MR) is 83.1 cm³/mol. The quantitative estimate of drug-likeness (QED) is 0.379. The molecule has 0 saturated heterocycles. The van der Waals surface area contributed by atoms with Gasteiger partial charge in [0.1, 0.15) is 11.6 Å². The molecule has 2 rings (SSSR count). The number of nitrogen functional groups attached to an aromatic ring is 1. The van der Waals surface area contributed by atoms with E-state index in [1.54, 1.807) is 37.3 Å². The largest absolute Gasteiger partial charge is 0.449 e. The van der Waals surface area contributed by atoms with Gasteiger partial charge in [0.25, 0.3) is 0 Å². The van der Waals surface area contributed by atoms with Crippen molar-refractivity contribution in [3.63, 3.8) is 0 Å². The van der Waals surface area contributed by atoms with Crippen molar-refractivity contribution in [1.82, 2.24) is 0 Å². The molecule has 7 heteroatoms. The Morgan fingerprint density at radius 2 is 2.05 bits per heavy atom. The second kappa shape index (κ2) is 5.92. The number of nitro groups is 1. The Morgan fingerprint density at radius 1 is 1.33 bits per heavy atom. The van der Waals surface area contributed by atoms with E-state index in [0.717, 1.165) is 4.47 Å². The van der Waals surface area contributed by atoms with Crippen molar-refractivity contribution in [1.29, 1.82) is 5.41 Å². The number of hydrogen-bond donors (Lipinski definition) is 2. The zero-order valence-corrected chi connectivity index (χ0v) is 12.7. The molecule has 2 aromatic rings. The molecule has 0 saturated carbocycles. The van der Waals surface area contributed by atoms with Crippen LogP contribution in [-0.2, 0) is 0 Å². The number of nitrogens with zero attached hydrogens (tertiary/aromatic N) is 1. The van der Waals surface area contributed by atoms with E-state index in [1.807, 2.05) is 0 Å². The molecule has 0 fully saturated rings. The van der Waals surface area contributed by atoms with Crippen LogP contribution in [0.15, 0.2) is 40.9 Å². The van der Waals surface area contributed by atoms with E-state index < -0.39 is 4.92 Å². The van der Waals surface area contributed by atoms with E-state index in [2.05, 4.69) is 15.9 Å². The van der Waals surface area contributed by atoms with Crippen LogP contribution in [-0.4, -0.2) is 10.8 Å². The zero-order valence-electron chi connectivity index (χ0n) is 11.1. The van der Waals surface area contributed by atoms with Gasteiger partial charge in [-0.05, 0) is 31.2 Å². The number of hydrogen-bond acceptors (Lipinski definition) is 4. The number of amidine groups is 1. The molecule has 0 aliphatic carbocycles. The highest BCUT2D eigenvalue weighted by atomic mass is 79.9. The molecule has 21 heavy (non-hydrogen) atoms. The minimum atomic E-state index is -0.490. The van der Waals surface area contributed by atoms with Crippen molar-refractivity contribution in [3.05, 3.63) is 62.1 Å². The van der Waals surface area contributed by atoms with E-state index in [1.165, 1.54) is 6.07 Å². The average molecular weight is 350 g/mol. The summed E-state index contributed by atoms with van der Waals surface area (Å²) < 4.78 is 6.35. The van der Waals surface area contributed by atoms with E-state index in [0.29, 0.717) is 11.1 Å². The molecule has 0 heterocycles. The maximum atomic E-state index is 11.2. The molecule has 0 bridgehead atoms. The lowest BCUT2D eigenvalue weighted by Gasteiger charge is -2.11. The van der Waals surface area contributed by atoms with Gasteiger partial charge in [0.15, 0.2) is 0 Å². The molecule has 3 N–H and O–H groups in total. The van der Waals surface area contributed by atoms with Crippen LogP contribution >= 0.6 is 15.9 Å². The second-order valence-electron chi connectivity index (χ2n) is 4.33. The fourth-order valence-corrected chi connectivity index (χ4v) is 2.21.